The molecule has 2 aromatic rings. The zero-order valence-corrected chi connectivity index (χ0v) is 12.7. The molecule has 1 aliphatic rings. The van der Waals surface area contributed by atoms with E-state index in [4.69, 9.17) is 17.3 Å². The Labute approximate surface area is 127 Å². The molecule has 3 nitrogen and oxygen atoms in total. The highest BCUT2D eigenvalue weighted by Gasteiger charge is 2.29. The molecule has 2 N–H and O–H groups in total. The number of nitrogens with two attached hydrogens (primary N) is 1. The van der Waals surface area contributed by atoms with E-state index in [0.29, 0.717) is 16.3 Å². The Morgan fingerprint density at radius 1 is 1.45 bits per heavy atom. The van der Waals surface area contributed by atoms with Gasteiger partial charge in [-0.25, -0.2) is 0 Å². The third kappa shape index (κ3) is 2.30. The molecule has 0 spiro atoms. The van der Waals surface area contributed by atoms with Crippen molar-refractivity contribution in [2.24, 2.45) is 0 Å². The highest BCUT2D eigenvalue weighted by Crippen LogP contribution is 2.34. The maximum atomic E-state index is 12.7. The fraction of sp³-hybridized carbons (Fsp3) is 0.267. The lowest BCUT2D eigenvalue weighted by atomic mass is 10.0. The molecule has 0 aliphatic carbocycles. The molecule has 1 aliphatic heterocycles. The van der Waals surface area contributed by atoms with Gasteiger partial charge in [0, 0.05) is 27.7 Å². The second-order valence-electron chi connectivity index (χ2n) is 5.00. The van der Waals surface area contributed by atoms with Crippen LogP contribution in [0.1, 0.15) is 33.8 Å². The zero-order chi connectivity index (χ0) is 14.3. The molecule has 0 saturated heterocycles. The number of nitrogens with zero attached hydrogens (tertiary/aromatic N) is 1. The Hall–Kier alpha value is -1.52. The lowest BCUT2D eigenvalue weighted by molar-refractivity contribution is 0.0679. The van der Waals surface area contributed by atoms with Gasteiger partial charge in [-0.15, -0.1) is 11.3 Å². The number of carbonyl (C=O) groups excluding carboxylic acids is 1. The van der Waals surface area contributed by atoms with E-state index >= 15 is 0 Å². The van der Waals surface area contributed by atoms with Gasteiger partial charge in [0.25, 0.3) is 5.91 Å². The number of benzene rings is 1. The van der Waals surface area contributed by atoms with Crippen LogP contribution in [0, 0.1) is 0 Å². The first kappa shape index (κ1) is 13.5. The van der Waals surface area contributed by atoms with Gasteiger partial charge in [-0.05, 0) is 48.6 Å². The summed E-state index contributed by atoms with van der Waals surface area (Å²) < 4.78 is 0. The molecule has 1 aromatic heterocycles. The van der Waals surface area contributed by atoms with E-state index in [1.165, 1.54) is 10.4 Å². The minimum atomic E-state index is -0.0106. The van der Waals surface area contributed by atoms with Gasteiger partial charge in [0.05, 0.1) is 6.04 Å². The summed E-state index contributed by atoms with van der Waals surface area (Å²) in [6.07, 6.45) is 0.916. The summed E-state index contributed by atoms with van der Waals surface area (Å²) in [6.45, 7) is 2.80. The van der Waals surface area contributed by atoms with Crippen LogP contribution in [0.3, 0.4) is 0 Å². The smallest absolute Gasteiger partial charge is 0.254 e. The van der Waals surface area contributed by atoms with Gasteiger partial charge < -0.3 is 10.6 Å². The van der Waals surface area contributed by atoms with Crippen molar-refractivity contribution in [3.05, 3.63) is 50.7 Å². The van der Waals surface area contributed by atoms with E-state index in [2.05, 4.69) is 18.4 Å². The molecule has 0 radical (unpaired) electrons. The van der Waals surface area contributed by atoms with Crippen LogP contribution < -0.4 is 5.73 Å². The minimum Gasteiger partial charge on any atom is -0.399 e. The molecule has 3 rings (SSSR count). The van der Waals surface area contributed by atoms with Crippen LogP contribution in [0.25, 0.3) is 0 Å². The van der Waals surface area contributed by atoms with Crippen molar-refractivity contribution in [3.8, 4) is 0 Å². The van der Waals surface area contributed by atoms with Crippen molar-refractivity contribution >= 4 is 34.5 Å². The number of carbonyl (C=O) groups is 1. The highest BCUT2D eigenvalue weighted by atomic mass is 35.5. The molecule has 0 bridgehead atoms. The molecule has 2 heterocycles. The van der Waals surface area contributed by atoms with E-state index in [0.717, 1.165) is 13.0 Å². The average Bonchev–Trinajstić information content (AvgIpc) is 2.86. The minimum absolute atomic E-state index is 0.0106. The van der Waals surface area contributed by atoms with Crippen LogP contribution in [-0.2, 0) is 6.42 Å². The van der Waals surface area contributed by atoms with Crippen LogP contribution in [0.15, 0.2) is 29.6 Å². The third-order valence-electron chi connectivity index (χ3n) is 3.71. The van der Waals surface area contributed by atoms with Crippen LogP contribution in [0.4, 0.5) is 5.69 Å². The second kappa shape index (κ2) is 5.11. The maximum absolute atomic E-state index is 12.7. The maximum Gasteiger partial charge on any atom is 0.254 e. The molecule has 0 fully saturated rings. The van der Waals surface area contributed by atoms with Crippen molar-refractivity contribution in [3.63, 3.8) is 0 Å². The van der Waals surface area contributed by atoms with Gasteiger partial charge in [0.2, 0.25) is 0 Å². The van der Waals surface area contributed by atoms with Crippen LogP contribution >= 0.6 is 22.9 Å². The van der Waals surface area contributed by atoms with Crippen LogP contribution in [0.5, 0.6) is 0 Å². The van der Waals surface area contributed by atoms with Gasteiger partial charge in [-0.2, -0.15) is 0 Å². The Balaban J connectivity index is 1.92. The fourth-order valence-electron chi connectivity index (χ4n) is 2.69. The third-order valence-corrected chi connectivity index (χ3v) is 4.92. The summed E-state index contributed by atoms with van der Waals surface area (Å²) in [5.41, 5.74) is 8.09. The average molecular weight is 307 g/mol. The van der Waals surface area contributed by atoms with E-state index in [1.54, 1.807) is 29.5 Å². The zero-order valence-electron chi connectivity index (χ0n) is 11.1. The van der Waals surface area contributed by atoms with Crippen molar-refractivity contribution in [1.82, 2.24) is 4.90 Å². The molecule has 20 heavy (non-hydrogen) atoms. The van der Waals surface area contributed by atoms with Gasteiger partial charge >= 0.3 is 0 Å². The van der Waals surface area contributed by atoms with Gasteiger partial charge in [0.1, 0.15) is 0 Å². The Bertz CT molecular complexity index is 647. The summed E-state index contributed by atoms with van der Waals surface area (Å²) in [6, 6.07) is 7.21. The van der Waals surface area contributed by atoms with E-state index in [1.807, 2.05) is 4.90 Å². The number of thiophene rings is 1. The summed E-state index contributed by atoms with van der Waals surface area (Å²) in [4.78, 5) is 15.9. The molecular weight excluding hydrogens is 292 g/mol. The lowest BCUT2D eigenvalue weighted by Gasteiger charge is -2.33. The monoisotopic (exact) mass is 306 g/mol. The van der Waals surface area contributed by atoms with Gasteiger partial charge in [-0.3, -0.25) is 4.79 Å². The molecule has 1 unspecified atom stereocenters. The summed E-state index contributed by atoms with van der Waals surface area (Å²) >= 11 is 7.75. The highest BCUT2D eigenvalue weighted by molar-refractivity contribution is 7.10. The number of hydrogen-bond donors (Lipinski definition) is 1. The predicted octanol–water partition coefficient (Wildman–Crippen LogP) is 3.74. The molecule has 5 heteroatoms. The predicted molar refractivity (Wildman–Crippen MR) is 83.3 cm³/mol. The van der Waals surface area contributed by atoms with E-state index in [9.17, 15) is 4.79 Å². The fourth-order valence-corrected chi connectivity index (χ4v) is 3.89. The quantitative estimate of drug-likeness (QED) is 0.816. The Morgan fingerprint density at radius 2 is 2.25 bits per heavy atom. The molecule has 1 atom stereocenters. The first-order valence-corrected chi connectivity index (χ1v) is 7.75. The molecule has 1 amide bonds. The molecule has 1 aromatic carbocycles. The van der Waals surface area contributed by atoms with Crippen molar-refractivity contribution in [2.45, 2.75) is 19.4 Å². The number of nitrogen functional groups attached to an aromatic ring is 1. The first-order valence-electron chi connectivity index (χ1n) is 6.49. The first-order chi connectivity index (χ1) is 9.56. The number of fused-ring (bicyclic) bond motifs is 1. The molecule has 104 valence electrons. The SMILES string of the molecule is CC1c2ccsc2CCN1C(=O)c1cc(N)cc(Cl)c1. The Kier molecular flexibility index (Phi) is 3.44. The van der Waals surface area contributed by atoms with Crippen molar-refractivity contribution in [2.75, 3.05) is 12.3 Å². The standard InChI is InChI=1S/C15H15ClN2OS/c1-9-13-3-5-20-14(13)2-4-18(9)15(19)10-6-11(16)8-12(17)7-10/h3,5-9H,2,4,17H2,1H3. The number of hydrogen-bond acceptors (Lipinski definition) is 3. The number of rotatable bonds is 1. The second-order valence-corrected chi connectivity index (χ2v) is 6.43. The summed E-state index contributed by atoms with van der Waals surface area (Å²) in [7, 11) is 0. The number of amides is 1. The number of anilines is 1. The van der Waals surface area contributed by atoms with Crippen LogP contribution in [-0.4, -0.2) is 17.4 Å². The lowest BCUT2D eigenvalue weighted by Crippen LogP contribution is -2.38. The molecular formula is C15H15ClN2OS. The van der Waals surface area contributed by atoms with Crippen LogP contribution in [0.2, 0.25) is 5.02 Å². The van der Waals surface area contributed by atoms with E-state index < -0.39 is 0 Å². The largest absolute Gasteiger partial charge is 0.399 e. The Morgan fingerprint density at radius 3 is 3.00 bits per heavy atom. The topological polar surface area (TPSA) is 46.3 Å². The van der Waals surface area contributed by atoms with Crippen molar-refractivity contribution < 1.29 is 4.79 Å². The normalized spacial score (nSPS) is 17.9. The summed E-state index contributed by atoms with van der Waals surface area (Å²) in [5.74, 6) is -0.0106. The molecule has 0 saturated carbocycles. The summed E-state index contributed by atoms with van der Waals surface area (Å²) in [5, 5.41) is 2.58. The van der Waals surface area contributed by atoms with Crippen molar-refractivity contribution in [1.29, 1.82) is 0 Å². The number of halogens is 1. The van der Waals surface area contributed by atoms with Gasteiger partial charge in [0.15, 0.2) is 0 Å². The van der Waals surface area contributed by atoms with Gasteiger partial charge in [-0.1, -0.05) is 11.6 Å². The van der Waals surface area contributed by atoms with E-state index in [-0.39, 0.29) is 11.9 Å².